The molecule has 0 saturated heterocycles. The first kappa shape index (κ1) is 13.2. The van der Waals surface area contributed by atoms with Gasteiger partial charge in [0.1, 0.15) is 6.54 Å². The molecular weight excluding hydrogens is 316 g/mol. The molecule has 3 rings (SSSR count). The maximum absolute atomic E-state index is 12.2. The number of halogens is 1. The highest BCUT2D eigenvalue weighted by Gasteiger charge is 2.27. The first-order valence-corrected chi connectivity index (χ1v) is 7.26. The maximum Gasteiger partial charge on any atom is 0.246 e. The SMILES string of the molecule is Cc1cc(N2CC(=O)N(C)c3ccccc32)ccc1Br. The predicted molar refractivity (Wildman–Crippen MR) is 85.7 cm³/mol. The minimum atomic E-state index is 0.101. The standard InChI is InChI=1S/C16H15BrN2O/c1-11-9-12(7-8-13(11)17)19-10-16(20)18(2)14-5-3-4-6-15(14)19/h3-9H,10H2,1-2H3. The topological polar surface area (TPSA) is 23.6 Å². The number of para-hydroxylation sites is 2. The molecule has 2 aromatic rings. The van der Waals surface area contributed by atoms with Crippen molar-refractivity contribution >= 4 is 38.9 Å². The average molecular weight is 331 g/mol. The Bertz CT molecular complexity index is 684. The number of amides is 1. The second-order valence-corrected chi connectivity index (χ2v) is 5.82. The Kier molecular flexibility index (Phi) is 3.26. The molecule has 0 fully saturated rings. The lowest BCUT2D eigenvalue weighted by Gasteiger charge is -2.35. The third-order valence-electron chi connectivity index (χ3n) is 3.65. The van der Waals surface area contributed by atoms with Crippen molar-refractivity contribution in [2.24, 2.45) is 0 Å². The molecule has 0 saturated carbocycles. The van der Waals surface area contributed by atoms with Crippen LogP contribution in [0.1, 0.15) is 5.56 Å². The highest BCUT2D eigenvalue weighted by atomic mass is 79.9. The van der Waals surface area contributed by atoms with Gasteiger partial charge in [0.05, 0.1) is 11.4 Å². The summed E-state index contributed by atoms with van der Waals surface area (Å²) in [7, 11) is 1.82. The summed E-state index contributed by atoms with van der Waals surface area (Å²) in [5.74, 6) is 0.101. The van der Waals surface area contributed by atoms with E-state index < -0.39 is 0 Å². The van der Waals surface area contributed by atoms with E-state index in [4.69, 9.17) is 0 Å². The zero-order valence-corrected chi connectivity index (χ0v) is 13.0. The van der Waals surface area contributed by atoms with Gasteiger partial charge in [-0.2, -0.15) is 0 Å². The lowest BCUT2D eigenvalue weighted by Crippen LogP contribution is -2.41. The van der Waals surface area contributed by atoms with Gasteiger partial charge < -0.3 is 9.80 Å². The summed E-state index contributed by atoms with van der Waals surface area (Å²) in [6.45, 7) is 2.42. The second kappa shape index (κ2) is 4.94. The van der Waals surface area contributed by atoms with Crippen LogP contribution in [0, 0.1) is 6.92 Å². The van der Waals surface area contributed by atoms with Crippen LogP contribution in [0.15, 0.2) is 46.9 Å². The number of anilines is 3. The van der Waals surface area contributed by atoms with Crippen LogP contribution < -0.4 is 9.80 Å². The molecular formula is C16H15BrN2O. The van der Waals surface area contributed by atoms with E-state index >= 15 is 0 Å². The number of aryl methyl sites for hydroxylation is 1. The molecule has 0 spiro atoms. The van der Waals surface area contributed by atoms with Gasteiger partial charge in [0.15, 0.2) is 0 Å². The number of carbonyl (C=O) groups is 1. The molecule has 0 aromatic heterocycles. The largest absolute Gasteiger partial charge is 0.330 e. The van der Waals surface area contributed by atoms with Crippen molar-refractivity contribution in [2.45, 2.75) is 6.92 Å². The van der Waals surface area contributed by atoms with E-state index in [0.29, 0.717) is 6.54 Å². The van der Waals surface area contributed by atoms with Gasteiger partial charge in [0.25, 0.3) is 0 Å². The Morgan fingerprint density at radius 2 is 1.80 bits per heavy atom. The van der Waals surface area contributed by atoms with E-state index in [9.17, 15) is 4.79 Å². The van der Waals surface area contributed by atoms with E-state index in [0.717, 1.165) is 27.1 Å². The van der Waals surface area contributed by atoms with Crippen molar-refractivity contribution in [1.82, 2.24) is 0 Å². The fourth-order valence-corrected chi connectivity index (χ4v) is 2.71. The number of rotatable bonds is 1. The Labute approximate surface area is 126 Å². The molecule has 3 nitrogen and oxygen atoms in total. The Morgan fingerprint density at radius 3 is 2.50 bits per heavy atom. The molecule has 4 heteroatoms. The number of benzene rings is 2. The van der Waals surface area contributed by atoms with Crippen molar-refractivity contribution in [3.05, 3.63) is 52.5 Å². The molecule has 0 radical (unpaired) electrons. The molecule has 1 heterocycles. The fourth-order valence-electron chi connectivity index (χ4n) is 2.46. The van der Waals surface area contributed by atoms with Crippen LogP contribution >= 0.6 is 15.9 Å². The van der Waals surface area contributed by atoms with Gasteiger partial charge in [-0.25, -0.2) is 0 Å². The molecule has 102 valence electrons. The number of fused-ring (bicyclic) bond motifs is 1. The van der Waals surface area contributed by atoms with Gasteiger partial charge in [-0.15, -0.1) is 0 Å². The van der Waals surface area contributed by atoms with Crippen molar-refractivity contribution in [3.63, 3.8) is 0 Å². The van der Waals surface area contributed by atoms with Crippen LogP contribution in [0.4, 0.5) is 17.1 Å². The smallest absolute Gasteiger partial charge is 0.246 e. The normalized spacial score (nSPS) is 14.4. The number of nitrogens with zero attached hydrogens (tertiary/aromatic N) is 2. The minimum Gasteiger partial charge on any atom is -0.330 e. The molecule has 2 aromatic carbocycles. The molecule has 1 aliphatic heterocycles. The molecule has 0 aliphatic carbocycles. The number of hydrogen-bond acceptors (Lipinski definition) is 2. The zero-order chi connectivity index (χ0) is 14.3. The molecule has 0 N–H and O–H groups in total. The molecule has 0 unspecified atom stereocenters. The third-order valence-corrected chi connectivity index (χ3v) is 4.54. The number of hydrogen-bond donors (Lipinski definition) is 0. The quantitative estimate of drug-likeness (QED) is 0.792. The summed E-state index contributed by atoms with van der Waals surface area (Å²) < 4.78 is 1.08. The Morgan fingerprint density at radius 1 is 1.10 bits per heavy atom. The Hall–Kier alpha value is -1.81. The van der Waals surface area contributed by atoms with Crippen molar-refractivity contribution in [2.75, 3.05) is 23.4 Å². The average Bonchev–Trinajstić information content (AvgIpc) is 2.46. The van der Waals surface area contributed by atoms with Crippen LogP contribution in [0.3, 0.4) is 0 Å². The van der Waals surface area contributed by atoms with Crippen LogP contribution in [0.25, 0.3) is 0 Å². The molecule has 1 amide bonds. The maximum atomic E-state index is 12.2. The Balaban J connectivity index is 2.12. The lowest BCUT2D eigenvalue weighted by molar-refractivity contribution is -0.117. The summed E-state index contributed by atoms with van der Waals surface area (Å²) in [5.41, 5.74) is 4.21. The van der Waals surface area contributed by atoms with Gasteiger partial charge >= 0.3 is 0 Å². The molecule has 0 bridgehead atoms. The highest BCUT2D eigenvalue weighted by molar-refractivity contribution is 9.10. The van der Waals surface area contributed by atoms with E-state index in [-0.39, 0.29) is 5.91 Å². The first-order valence-electron chi connectivity index (χ1n) is 6.47. The van der Waals surface area contributed by atoms with Gasteiger partial charge in [-0.3, -0.25) is 4.79 Å². The van der Waals surface area contributed by atoms with Crippen LogP contribution in [0.5, 0.6) is 0 Å². The summed E-state index contributed by atoms with van der Waals surface area (Å²) >= 11 is 3.51. The zero-order valence-electron chi connectivity index (χ0n) is 11.4. The molecule has 1 aliphatic rings. The number of carbonyl (C=O) groups excluding carboxylic acids is 1. The summed E-state index contributed by atoms with van der Waals surface area (Å²) in [4.78, 5) is 16.0. The molecule has 0 atom stereocenters. The van der Waals surface area contributed by atoms with E-state index in [1.807, 2.05) is 37.4 Å². The van der Waals surface area contributed by atoms with Gasteiger partial charge in [-0.05, 0) is 42.8 Å². The first-order chi connectivity index (χ1) is 9.58. The highest BCUT2D eigenvalue weighted by Crippen LogP contribution is 2.38. The molecule has 20 heavy (non-hydrogen) atoms. The fraction of sp³-hybridized carbons (Fsp3) is 0.188. The van der Waals surface area contributed by atoms with Gasteiger partial charge in [0, 0.05) is 17.2 Å². The minimum absolute atomic E-state index is 0.101. The van der Waals surface area contributed by atoms with E-state index in [1.54, 1.807) is 4.90 Å². The van der Waals surface area contributed by atoms with Crippen molar-refractivity contribution in [1.29, 1.82) is 0 Å². The van der Waals surface area contributed by atoms with E-state index in [2.05, 4.69) is 39.9 Å². The number of likely N-dealkylation sites (N-methyl/N-ethyl adjacent to an activating group) is 1. The van der Waals surface area contributed by atoms with Crippen molar-refractivity contribution < 1.29 is 4.79 Å². The van der Waals surface area contributed by atoms with Gasteiger partial charge in [0.2, 0.25) is 5.91 Å². The van der Waals surface area contributed by atoms with E-state index in [1.165, 1.54) is 0 Å². The van der Waals surface area contributed by atoms with Crippen molar-refractivity contribution in [3.8, 4) is 0 Å². The van der Waals surface area contributed by atoms with Crippen LogP contribution in [-0.4, -0.2) is 19.5 Å². The van der Waals surface area contributed by atoms with Gasteiger partial charge in [-0.1, -0.05) is 28.1 Å². The summed E-state index contributed by atoms with van der Waals surface area (Å²) in [5, 5.41) is 0. The van der Waals surface area contributed by atoms with Crippen LogP contribution in [-0.2, 0) is 4.79 Å². The second-order valence-electron chi connectivity index (χ2n) is 4.96. The summed E-state index contributed by atoms with van der Waals surface area (Å²) in [6.07, 6.45) is 0. The third kappa shape index (κ3) is 2.10. The lowest BCUT2D eigenvalue weighted by atomic mass is 10.1. The van der Waals surface area contributed by atoms with Crippen LogP contribution in [0.2, 0.25) is 0 Å². The monoisotopic (exact) mass is 330 g/mol. The predicted octanol–water partition coefficient (Wildman–Crippen LogP) is 3.87. The summed E-state index contributed by atoms with van der Waals surface area (Å²) in [6, 6.07) is 14.1.